The van der Waals surface area contributed by atoms with Crippen molar-refractivity contribution in [2.45, 2.75) is 18.9 Å². The van der Waals surface area contributed by atoms with E-state index in [4.69, 9.17) is 9.47 Å². The molecule has 4 aromatic rings. The number of rotatable bonds is 3. The third kappa shape index (κ3) is 2.66. The van der Waals surface area contributed by atoms with Crippen LogP contribution >= 0.6 is 0 Å². The molecular formula is C28H21NO3. The zero-order chi connectivity index (χ0) is 21.7. The number of hydrogen-bond donors (Lipinski definition) is 1. The SMILES string of the molecule is CCc1ccc(Nc2ccc3c(c2)C2(OC(=O)c4ccccc42)c2ccccc2O3)cc1. The van der Waals surface area contributed by atoms with Crippen molar-refractivity contribution in [3.63, 3.8) is 0 Å². The Morgan fingerprint density at radius 2 is 1.44 bits per heavy atom. The smallest absolute Gasteiger partial charge is 0.340 e. The second kappa shape index (κ2) is 6.99. The number of carbonyl (C=O) groups excluding carboxylic acids is 1. The monoisotopic (exact) mass is 419 g/mol. The molecule has 0 fully saturated rings. The van der Waals surface area contributed by atoms with Crippen LogP contribution in [0, 0.1) is 0 Å². The van der Waals surface area contributed by atoms with Crippen LogP contribution in [0.1, 0.15) is 39.5 Å². The van der Waals surface area contributed by atoms with Crippen LogP contribution in [0.3, 0.4) is 0 Å². The predicted molar refractivity (Wildman–Crippen MR) is 124 cm³/mol. The van der Waals surface area contributed by atoms with Crippen LogP contribution in [-0.4, -0.2) is 5.97 Å². The summed E-state index contributed by atoms with van der Waals surface area (Å²) in [4.78, 5) is 12.9. The molecule has 4 aromatic carbocycles. The lowest BCUT2D eigenvalue weighted by molar-refractivity contribution is 0.0224. The van der Waals surface area contributed by atoms with Crippen molar-refractivity contribution >= 4 is 17.3 Å². The van der Waals surface area contributed by atoms with E-state index in [0.717, 1.165) is 34.5 Å². The van der Waals surface area contributed by atoms with Crippen LogP contribution in [0.25, 0.3) is 0 Å². The first-order valence-corrected chi connectivity index (χ1v) is 10.8. The van der Waals surface area contributed by atoms with E-state index in [1.807, 2.05) is 66.7 Å². The van der Waals surface area contributed by atoms with Crippen molar-refractivity contribution < 1.29 is 14.3 Å². The molecule has 4 nitrogen and oxygen atoms in total. The van der Waals surface area contributed by atoms with Crippen LogP contribution in [0.4, 0.5) is 11.4 Å². The maximum absolute atomic E-state index is 12.9. The molecule has 1 N–H and O–H groups in total. The number of hydrogen-bond acceptors (Lipinski definition) is 4. The fourth-order valence-electron chi connectivity index (χ4n) is 4.69. The first-order chi connectivity index (χ1) is 15.7. The molecule has 2 heterocycles. The highest BCUT2D eigenvalue weighted by atomic mass is 16.6. The molecule has 0 amide bonds. The molecule has 4 heteroatoms. The fourth-order valence-corrected chi connectivity index (χ4v) is 4.69. The van der Waals surface area contributed by atoms with Crippen LogP contribution in [0.2, 0.25) is 0 Å². The number of ether oxygens (including phenoxy) is 2. The molecule has 1 atom stereocenters. The molecule has 32 heavy (non-hydrogen) atoms. The first kappa shape index (κ1) is 18.7. The number of nitrogens with one attached hydrogen (secondary N) is 1. The van der Waals surface area contributed by atoms with Crippen LogP contribution in [0.5, 0.6) is 11.5 Å². The molecule has 0 aliphatic carbocycles. The first-order valence-electron chi connectivity index (χ1n) is 10.8. The van der Waals surface area contributed by atoms with Crippen LogP contribution in [0.15, 0.2) is 91.0 Å². The van der Waals surface area contributed by atoms with Crippen molar-refractivity contribution in [1.82, 2.24) is 0 Å². The van der Waals surface area contributed by atoms with Gasteiger partial charge >= 0.3 is 5.97 Å². The van der Waals surface area contributed by atoms with Crippen molar-refractivity contribution in [2.75, 3.05) is 5.32 Å². The lowest BCUT2D eigenvalue weighted by atomic mass is 9.77. The van der Waals surface area contributed by atoms with E-state index in [1.165, 1.54) is 5.56 Å². The Hall–Kier alpha value is -4.05. The summed E-state index contributed by atoms with van der Waals surface area (Å²) >= 11 is 0. The van der Waals surface area contributed by atoms with Crippen LogP contribution < -0.4 is 10.1 Å². The summed E-state index contributed by atoms with van der Waals surface area (Å²) in [6.07, 6.45) is 1.00. The number of aryl methyl sites for hydroxylation is 1. The van der Waals surface area contributed by atoms with Gasteiger partial charge in [0.1, 0.15) is 11.5 Å². The number of benzene rings is 4. The van der Waals surface area contributed by atoms with Crippen molar-refractivity contribution in [1.29, 1.82) is 0 Å². The number of para-hydroxylation sites is 1. The highest BCUT2D eigenvalue weighted by molar-refractivity contribution is 5.97. The maximum atomic E-state index is 12.9. The van der Waals surface area contributed by atoms with E-state index in [1.54, 1.807) is 0 Å². The summed E-state index contributed by atoms with van der Waals surface area (Å²) in [7, 11) is 0. The summed E-state index contributed by atoms with van der Waals surface area (Å²) in [5.74, 6) is 1.05. The number of carbonyl (C=O) groups is 1. The zero-order valence-corrected chi connectivity index (χ0v) is 17.6. The van der Waals surface area contributed by atoms with Gasteiger partial charge in [-0.15, -0.1) is 0 Å². The van der Waals surface area contributed by atoms with E-state index in [0.29, 0.717) is 17.1 Å². The lowest BCUT2D eigenvalue weighted by Crippen LogP contribution is -2.33. The quantitative estimate of drug-likeness (QED) is 0.382. The van der Waals surface area contributed by atoms with E-state index < -0.39 is 5.60 Å². The highest BCUT2D eigenvalue weighted by Crippen LogP contribution is 2.56. The Kier molecular flexibility index (Phi) is 4.08. The molecule has 0 radical (unpaired) electrons. The van der Waals surface area contributed by atoms with Gasteiger partial charge in [-0.1, -0.05) is 55.5 Å². The summed E-state index contributed by atoms with van der Waals surface area (Å²) < 4.78 is 12.4. The van der Waals surface area contributed by atoms with Gasteiger partial charge < -0.3 is 14.8 Å². The molecule has 0 bridgehead atoms. The van der Waals surface area contributed by atoms with Gasteiger partial charge in [-0.05, 0) is 54.4 Å². The van der Waals surface area contributed by atoms with Crippen molar-refractivity contribution in [3.8, 4) is 11.5 Å². The van der Waals surface area contributed by atoms with Crippen molar-refractivity contribution in [3.05, 3.63) is 119 Å². The molecule has 1 unspecified atom stereocenters. The molecule has 6 rings (SSSR count). The van der Waals surface area contributed by atoms with Gasteiger partial charge in [-0.25, -0.2) is 4.79 Å². The van der Waals surface area contributed by atoms with Gasteiger partial charge in [0.05, 0.1) is 5.56 Å². The van der Waals surface area contributed by atoms with Gasteiger partial charge in [0.15, 0.2) is 5.60 Å². The third-order valence-electron chi connectivity index (χ3n) is 6.27. The zero-order valence-electron chi connectivity index (χ0n) is 17.6. The Balaban J connectivity index is 1.52. The highest BCUT2D eigenvalue weighted by Gasteiger charge is 2.53. The largest absolute Gasteiger partial charge is 0.456 e. The summed E-state index contributed by atoms with van der Waals surface area (Å²) in [6, 6.07) is 29.7. The Morgan fingerprint density at radius 1 is 0.750 bits per heavy atom. The summed E-state index contributed by atoms with van der Waals surface area (Å²) in [5, 5.41) is 3.47. The van der Waals surface area contributed by atoms with Gasteiger partial charge in [0, 0.05) is 28.1 Å². The topological polar surface area (TPSA) is 47.6 Å². The molecule has 2 aliphatic heterocycles. The second-order valence-electron chi connectivity index (χ2n) is 8.10. The number of esters is 1. The third-order valence-corrected chi connectivity index (χ3v) is 6.27. The van der Waals surface area contributed by atoms with Crippen LogP contribution in [-0.2, 0) is 16.8 Å². The van der Waals surface area contributed by atoms with E-state index in [-0.39, 0.29) is 5.97 Å². The van der Waals surface area contributed by atoms with Gasteiger partial charge in [-0.2, -0.15) is 0 Å². The molecule has 0 saturated carbocycles. The summed E-state index contributed by atoms with van der Waals surface area (Å²) in [5.41, 5.74) is 5.21. The van der Waals surface area contributed by atoms with Gasteiger partial charge in [-0.3, -0.25) is 0 Å². The molecule has 0 saturated heterocycles. The van der Waals surface area contributed by atoms with Crippen molar-refractivity contribution in [2.24, 2.45) is 0 Å². The van der Waals surface area contributed by atoms with Gasteiger partial charge in [0.25, 0.3) is 0 Å². The number of anilines is 2. The minimum atomic E-state index is -1.04. The molecule has 1 spiro atoms. The van der Waals surface area contributed by atoms with E-state index in [9.17, 15) is 4.79 Å². The van der Waals surface area contributed by atoms with E-state index in [2.05, 4.69) is 36.5 Å². The summed E-state index contributed by atoms with van der Waals surface area (Å²) in [6.45, 7) is 2.14. The second-order valence-corrected chi connectivity index (χ2v) is 8.10. The average molecular weight is 419 g/mol. The lowest BCUT2D eigenvalue weighted by Gasteiger charge is -2.36. The minimum absolute atomic E-state index is 0.322. The average Bonchev–Trinajstić information content (AvgIpc) is 3.13. The maximum Gasteiger partial charge on any atom is 0.340 e. The molecule has 2 aliphatic rings. The molecule has 156 valence electrons. The Morgan fingerprint density at radius 3 is 2.25 bits per heavy atom. The fraction of sp³-hybridized carbons (Fsp3) is 0.107. The van der Waals surface area contributed by atoms with E-state index >= 15 is 0 Å². The minimum Gasteiger partial charge on any atom is -0.456 e. The molecule has 0 aromatic heterocycles. The standard InChI is InChI=1S/C28H21NO3/c1-2-18-11-13-19(14-12-18)29-20-15-16-26-24(17-20)28(23-9-5-6-10-25(23)31-26)22-8-4-3-7-21(22)27(30)32-28/h3-17,29H,2H2,1H3. The Labute approximate surface area is 186 Å². The Bertz CT molecular complexity index is 1360. The molecular weight excluding hydrogens is 398 g/mol. The van der Waals surface area contributed by atoms with Gasteiger partial charge in [0.2, 0.25) is 0 Å². The predicted octanol–water partition coefficient (Wildman–Crippen LogP) is 6.56. The number of fused-ring (bicyclic) bond motifs is 6. The normalized spacial score (nSPS) is 17.7.